The lowest BCUT2D eigenvalue weighted by Crippen LogP contribution is -2.42. The summed E-state index contributed by atoms with van der Waals surface area (Å²) in [5.74, 6) is 0.115. The molecule has 3 heterocycles. The summed E-state index contributed by atoms with van der Waals surface area (Å²) in [5, 5.41) is 7.87. The number of hydrogen-bond acceptors (Lipinski definition) is 4. The number of pyridine rings is 1. The van der Waals surface area contributed by atoms with E-state index in [1.165, 1.54) is 0 Å². The molecule has 0 aromatic carbocycles. The Bertz CT molecular complexity index is 689. The van der Waals surface area contributed by atoms with Crippen molar-refractivity contribution in [3.8, 4) is 0 Å². The number of aryl methyl sites for hydroxylation is 2. The van der Waals surface area contributed by atoms with Gasteiger partial charge in [0, 0.05) is 17.9 Å². The van der Waals surface area contributed by atoms with E-state index in [1.807, 2.05) is 43.0 Å². The van der Waals surface area contributed by atoms with E-state index in [9.17, 15) is 4.79 Å². The molecule has 134 valence electrons. The monoisotopic (exact) mass is 341 g/mol. The summed E-state index contributed by atoms with van der Waals surface area (Å²) in [4.78, 5) is 19.5. The van der Waals surface area contributed by atoms with Gasteiger partial charge in [0.25, 0.3) is 0 Å². The first-order valence-corrected chi connectivity index (χ1v) is 9.04. The first-order valence-electron chi connectivity index (χ1n) is 9.04. The van der Waals surface area contributed by atoms with Gasteiger partial charge < -0.3 is 10.2 Å². The van der Waals surface area contributed by atoms with Crippen molar-refractivity contribution >= 4 is 5.91 Å². The molecule has 1 aliphatic rings. The van der Waals surface area contributed by atoms with Crippen molar-refractivity contribution in [2.24, 2.45) is 0 Å². The zero-order valence-electron chi connectivity index (χ0n) is 15.1. The zero-order chi connectivity index (χ0) is 17.6. The SMILES string of the molecule is Cc1cc(C)n(CC(=O)N(Cc2ccccn2)[C@@H]2CCCNCC2)n1. The largest absolute Gasteiger partial charge is 0.332 e. The molecule has 0 bridgehead atoms. The normalized spacial score (nSPS) is 17.9. The van der Waals surface area contributed by atoms with E-state index in [1.54, 1.807) is 10.9 Å². The van der Waals surface area contributed by atoms with Gasteiger partial charge in [-0.25, -0.2) is 0 Å². The Kier molecular flexibility index (Phi) is 5.81. The van der Waals surface area contributed by atoms with E-state index in [4.69, 9.17) is 0 Å². The number of carbonyl (C=O) groups is 1. The fraction of sp³-hybridized carbons (Fsp3) is 0.526. The van der Waals surface area contributed by atoms with Gasteiger partial charge in [-0.3, -0.25) is 14.5 Å². The zero-order valence-corrected chi connectivity index (χ0v) is 15.1. The van der Waals surface area contributed by atoms with Gasteiger partial charge in [-0.2, -0.15) is 5.10 Å². The van der Waals surface area contributed by atoms with E-state index in [2.05, 4.69) is 15.4 Å². The Morgan fingerprint density at radius 3 is 2.92 bits per heavy atom. The number of nitrogens with zero attached hydrogens (tertiary/aromatic N) is 4. The summed E-state index contributed by atoms with van der Waals surface area (Å²) in [5.41, 5.74) is 2.90. The van der Waals surface area contributed by atoms with Gasteiger partial charge in [-0.05, 0) is 64.4 Å². The second kappa shape index (κ2) is 8.25. The summed E-state index contributed by atoms with van der Waals surface area (Å²) < 4.78 is 1.80. The summed E-state index contributed by atoms with van der Waals surface area (Å²) in [6.45, 7) is 6.78. The van der Waals surface area contributed by atoms with Crippen LogP contribution in [-0.4, -0.2) is 44.7 Å². The van der Waals surface area contributed by atoms with E-state index in [0.717, 1.165) is 49.4 Å². The molecular weight excluding hydrogens is 314 g/mol. The third-order valence-electron chi connectivity index (χ3n) is 4.75. The summed E-state index contributed by atoms with van der Waals surface area (Å²) >= 11 is 0. The lowest BCUT2D eigenvalue weighted by Gasteiger charge is -2.31. The Balaban J connectivity index is 1.78. The molecule has 25 heavy (non-hydrogen) atoms. The van der Waals surface area contributed by atoms with E-state index in [0.29, 0.717) is 6.54 Å². The van der Waals surface area contributed by atoms with Crippen LogP contribution >= 0.6 is 0 Å². The van der Waals surface area contributed by atoms with E-state index < -0.39 is 0 Å². The number of carbonyl (C=O) groups excluding carboxylic acids is 1. The molecule has 1 atom stereocenters. The number of aromatic nitrogens is 3. The van der Waals surface area contributed by atoms with Gasteiger partial charge in [-0.15, -0.1) is 0 Å². The molecule has 1 aliphatic heterocycles. The van der Waals surface area contributed by atoms with Gasteiger partial charge >= 0.3 is 0 Å². The second-order valence-electron chi connectivity index (χ2n) is 6.76. The fourth-order valence-corrected chi connectivity index (χ4v) is 3.45. The predicted octanol–water partition coefficient (Wildman–Crippen LogP) is 2.07. The molecule has 6 nitrogen and oxygen atoms in total. The van der Waals surface area contributed by atoms with Crippen LogP contribution in [0.5, 0.6) is 0 Å². The van der Waals surface area contributed by atoms with Crippen LogP contribution in [0.4, 0.5) is 0 Å². The van der Waals surface area contributed by atoms with Crippen LogP contribution in [0.25, 0.3) is 0 Å². The van der Waals surface area contributed by atoms with Crippen molar-refractivity contribution in [3.63, 3.8) is 0 Å². The molecule has 0 radical (unpaired) electrons. The fourth-order valence-electron chi connectivity index (χ4n) is 3.45. The average molecular weight is 341 g/mol. The van der Waals surface area contributed by atoms with Gasteiger partial charge in [-0.1, -0.05) is 6.07 Å². The molecular formula is C19H27N5O. The smallest absolute Gasteiger partial charge is 0.244 e. The van der Waals surface area contributed by atoms with Gasteiger partial charge in [0.05, 0.1) is 17.9 Å². The van der Waals surface area contributed by atoms with Crippen LogP contribution in [0.15, 0.2) is 30.5 Å². The molecule has 2 aromatic rings. The molecule has 0 saturated carbocycles. The highest BCUT2D eigenvalue weighted by atomic mass is 16.2. The molecule has 1 fully saturated rings. The molecule has 2 aromatic heterocycles. The summed E-state index contributed by atoms with van der Waals surface area (Å²) in [6, 6.07) is 8.12. The first kappa shape index (κ1) is 17.6. The van der Waals surface area contributed by atoms with Crippen molar-refractivity contribution in [3.05, 3.63) is 47.5 Å². The summed E-state index contributed by atoms with van der Waals surface area (Å²) in [6.07, 6.45) is 4.89. The topological polar surface area (TPSA) is 63.1 Å². The van der Waals surface area contributed by atoms with Crippen LogP contribution in [0.1, 0.15) is 36.3 Å². The van der Waals surface area contributed by atoms with Crippen molar-refractivity contribution in [2.45, 2.75) is 52.2 Å². The van der Waals surface area contributed by atoms with E-state index >= 15 is 0 Å². The highest BCUT2D eigenvalue weighted by Crippen LogP contribution is 2.17. The minimum atomic E-state index is 0.115. The third kappa shape index (κ3) is 4.66. The average Bonchev–Trinajstić information content (AvgIpc) is 2.81. The maximum Gasteiger partial charge on any atom is 0.244 e. The lowest BCUT2D eigenvalue weighted by molar-refractivity contribution is -0.135. The van der Waals surface area contributed by atoms with Crippen LogP contribution in [0, 0.1) is 13.8 Å². The van der Waals surface area contributed by atoms with Gasteiger partial charge in [0.1, 0.15) is 6.54 Å². The Morgan fingerprint density at radius 2 is 2.20 bits per heavy atom. The number of hydrogen-bond donors (Lipinski definition) is 1. The molecule has 0 aliphatic carbocycles. The Labute approximate surface area is 149 Å². The molecule has 1 saturated heterocycles. The van der Waals surface area contributed by atoms with E-state index in [-0.39, 0.29) is 18.5 Å². The van der Waals surface area contributed by atoms with Crippen LogP contribution in [0.3, 0.4) is 0 Å². The Morgan fingerprint density at radius 1 is 1.32 bits per heavy atom. The predicted molar refractivity (Wildman–Crippen MR) is 97.0 cm³/mol. The molecule has 3 rings (SSSR count). The van der Waals surface area contributed by atoms with Crippen molar-refractivity contribution in [1.29, 1.82) is 0 Å². The van der Waals surface area contributed by atoms with Crippen LogP contribution in [-0.2, 0) is 17.9 Å². The maximum absolute atomic E-state index is 13.1. The highest BCUT2D eigenvalue weighted by Gasteiger charge is 2.25. The molecule has 1 amide bonds. The molecule has 0 spiro atoms. The standard InChI is InChI=1S/C19H27N5O/c1-15-12-16(2)24(22-15)14-19(25)23(13-17-6-3-4-10-21-17)18-7-5-9-20-11-8-18/h3-4,6,10,12,18,20H,5,7-9,11,13-14H2,1-2H3/t18-/m1/s1. The first-order chi connectivity index (χ1) is 12.1. The van der Waals surface area contributed by atoms with Crippen LogP contribution < -0.4 is 5.32 Å². The number of nitrogens with one attached hydrogen (secondary N) is 1. The lowest BCUT2D eigenvalue weighted by atomic mass is 10.1. The van der Waals surface area contributed by atoms with Gasteiger partial charge in [0.15, 0.2) is 0 Å². The second-order valence-corrected chi connectivity index (χ2v) is 6.76. The quantitative estimate of drug-likeness (QED) is 0.904. The minimum absolute atomic E-state index is 0.115. The Hall–Kier alpha value is -2.21. The van der Waals surface area contributed by atoms with Crippen molar-refractivity contribution in [2.75, 3.05) is 13.1 Å². The van der Waals surface area contributed by atoms with Gasteiger partial charge in [0.2, 0.25) is 5.91 Å². The summed E-state index contributed by atoms with van der Waals surface area (Å²) in [7, 11) is 0. The van der Waals surface area contributed by atoms with Crippen molar-refractivity contribution in [1.82, 2.24) is 25.0 Å². The van der Waals surface area contributed by atoms with Crippen LogP contribution in [0.2, 0.25) is 0 Å². The number of rotatable bonds is 5. The minimum Gasteiger partial charge on any atom is -0.332 e. The molecule has 1 N–H and O–H groups in total. The molecule has 6 heteroatoms. The van der Waals surface area contributed by atoms with Crippen molar-refractivity contribution < 1.29 is 4.79 Å². The number of amides is 1. The maximum atomic E-state index is 13.1. The molecule has 0 unspecified atom stereocenters. The highest BCUT2D eigenvalue weighted by molar-refractivity contribution is 5.76. The third-order valence-corrected chi connectivity index (χ3v) is 4.75.